The van der Waals surface area contributed by atoms with Gasteiger partial charge in [0.15, 0.2) is 0 Å². The van der Waals surface area contributed by atoms with E-state index < -0.39 is 0 Å². The Kier molecular flexibility index (Phi) is 10.2. The SMILES string of the molecule is C=C.C=C/C(=C\C)CN(C)c1cc(Cl)c(Cc2cccc(C(C)C)c2F)c(Cl)c1. The van der Waals surface area contributed by atoms with Crippen LogP contribution in [0.1, 0.15) is 43.4 Å². The van der Waals surface area contributed by atoms with Crippen molar-refractivity contribution >= 4 is 28.9 Å². The third-order valence-electron chi connectivity index (χ3n) is 4.72. The van der Waals surface area contributed by atoms with Crippen molar-refractivity contribution in [1.82, 2.24) is 0 Å². The van der Waals surface area contributed by atoms with Crippen molar-refractivity contribution < 1.29 is 4.39 Å². The highest BCUT2D eigenvalue weighted by Gasteiger charge is 2.16. The zero-order valence-corrected chi connectivity index (χ0v) is 19.2. The van der Waals surface area contributed by atoms with Crippen LogP contribution in [0, 0.1) is 5.82 Å². The molecule has 0 unspecified atom stereocenters. The van der Waals surface area contributed by atoms with Gasteiger partial charge in [0.1, 0.15) is 5.82 Å². The average Bonchev–Trinajstić information content (AvgIpc) is 2.70. The summed E-state index contributed by atoms with van der Waals surface area (Å²) in [5, 5.41) is 1.08. The van der Waals surface area contributed by atoms with Gasteiger partial charge in [0.25, 0.3) is 0 Å². The van der Waals surface area contributed by atoms with Gasteiger partial charge in [-0.15, -0.1) is 13.2 Å². The Morgan fingerprint density at radius 1 is 1.17 bits per heavy atom. The molecule has 0 atom stereocenters. The summed E-state index contributed by atoms with van der Waals surface area (Å²) in [7, 11) is 1.97. The molecule has 0 bridgehead atoms. The molecule has 0 heterocycles. The van der Waals surface area contributed by atoms with Gasteiger partial charge < -0.3 is 4.90 Å². The molecule has 0 saturated carbocycles. The molecule has 29 heavy (non-hydrogen) atoms. The van der Waals surface area contributed by atoms with Gasteiger partial charge in [-0.3, -0.25) is 0 Å². The van der Waals surface area contributed by atoms with Crippen molar-refractivity contribution in [2.75, 3.05) is 18.5 Å². The molecule has 0 aliphatic rings. The number of nitrogens with zero attached hydrogens (tertiary/aromatic N) is 1. The van der Waals surface area contributed by atoms with Crippen LogP contribution in [-0.2, 0) is 6.42 Å². The second-order valence-electron chi connectivity index (χ2n) is 6.96. The first-order chi connectivity index (χ1) is 13.8. The fraction of sp³-hybridized carbons (Fsp3) is 0.280. The maximum Gasteiger partial charge on any atom is 0.130 e. The van der Waals surface area contributed by atoms with Crippen LogP contribution in [0.15, 0.2) is 67.8 Å². The number of halogens is 3. The fourth-order valence-corrected chi connectivity index (χ4v) is 3.60. The first-order valence-electron chi connectivity index (χ1n) is 9.52. The number of rotatable bonds is 7. The Hall–Kier alpha value is -2.03. The molecule has 2 rings (SSSR count). The van der Waals surface area contributed by atoms with E-state index in [1.54, 1.807) is 6.07 Å². The molecule has 156 valence electrons. The van der Waals surface area contributed by atoms with Crippen LogP contribution in [0.3, 0.4) is 0 Å². The third-order valence-corrected chi connectivity index (χ3v) is 5.39. The van der Waals surface area contributed by atoms with Crippen molar-refractivity contribution in [3.05, 3.63) is 100 Å². The van der Waals surface area contributed by atoms with Gasteiger partial charge in [-0.25, -0.2) is 4.39 Å². The second-order valence-corrected chi connectivity index (χ2v) is 7.78. The Labute approximate surface area is 185 Å². The summed E-state index contributed by atoms with van der Waals surface area (Å²) in [5.74, 6) is -0.0536. The summed E-state index contributed by atoms with van der Waals surface area (Å²) < 4.78 is 14.8. The molecule has 0 saturated heterocycles. The molecule has 2 aromatic carbocycles. The first-order valence-corrected chi connectivity index (χ1v) is 10.3. The third kappa shape index (κ3) is 6.48. The predicted molar refractivity (Wildman–Crippen MR) is 128 cm³/mol. The van der Waals surface area contributed by atoms with Crippen molar-refractivity contribution in [2.45, 2.75) is 33.1 Å². The van der Waals surface area contributed by atoms with Crippen molar-refractivity contribution in [1.29, 1.82) is 0 Å². The quantitative estimate of drug-likeness (QED) is 0.313. The number of anilines is 1. The van der Waals surface area contributed by atoms with Crippen LogP contribution in [0.25, 0.3) is 0 Å². The first kappa shape index (κ1) is 25.0. The lowest BCUT2D eigenvalue weighted by molar-refractivity contribution is 0.585. The largest absolute Gasteiger partial charge is 0.370 e. The van der Waals surface area contributed by atoms with Crippen LogP contribution >= 0.6 is 23.2 Å². The average molecular weight is 434 g/mol. The lowest BCUT2D eigenvalue weighted by Crippen LogP contribution is -2.19. The molecule has 0 spiro atoms. The van der Waals surface area contributed by atoms with Gasteiger partial charge in [-0.05, 0) is 47.2 Å². The molecule has 2 aromatic rings. The zero-order chi connectivity index (χ0) is 22.1. The summed E-state index contributed by atoms with van der Waals surface area (Å²) in [6, 6.07) is 9.25. The number of hydrogen-bond donors (Lipinski definition) is 0. The highest BCUT2D eigenvalue weighted by Crippen LogP contribution is 2.33. The van der Waals surface area contributed by atoms with Crippen LogP contribution in [-0.4, -0.2) is 13.6 Å². The van der Waals surface area contributed by atoms with Crippen LogP contribution in [0.5, 0.6) is 0 Å². The molecule has 4 heteroatoms. The summed E-state index contributed by atoms with van der Waals surface area (Å²) >= 11 is 13.0. The van der Waals surface area contributed by atoms with Gasteiger partial charge in [-0.1, -0.05) is 74.0 Å². The normalized spacial score (nSPS) is 11.1. The summed E-state index contributed by atoms with van der Waals surface area (Å²) in [6.07, 6.45) is 4.21. The molecule has 0 aliphatic heterocycles. The molecule has 1 nitrogen and oxygen atoms in total. The molecule has 0 amide bonds. The minimum atomic E-state index is -0.176. The summed E-state index contributed by atoms with van der Waals surface area (Å²) in [4.78, 5) is 2.05. The lowest BCUT2D eigenvalue weighted by atomic mass is 9.96. The second kappa shape index (κ2) is 11.8. The standard InChI is InChI=1S/C23H26Cl2FN.C2H4/c1-6-16(7-2)14-27(5)18-12-21(24)20(22(25)13-18)11-17-9-8-10-19(15(3)4)23(17)26;1-2/h6-10,12-13,15H,1,11,14H2,2-5H3;1-2H2/b16-7+;. The van der Waals surface area contributed by atoms with E-state index in [-0.39, 0.29) is 11.7 Å². The Morgan fingerprint density at radius 3 is 2.24 bits per heavy atom. The van der Waals surface area contributed by atoms with E-state index in [9.17, 15) is 4.39 Å². The van der Waals surface area contributed by atoms with E-state index in [1.165, 1.54) is 0 Å². The molecule has 0 aromatic heterocycles. The fourth-order valence-electron chi connectivity index (χ4n) is 2.99. The smallest absolute Gasteiger partial charge is 0.130 e. The molecule has 0 fully saturated rings. The Balaban J connectivity index is 0.00000204. The van der Waals surface area contributed by atoms with Crippen molar-refractivity contribution in [3.63, 3.8) is 0 Å². The molecule has 0 radical (unpaired) electrons. The molecule has 0 N–H and O–H groups in total. The topological polar surface area (TPSA) is 3.24 Å². The molecule has 0 aliphatic carbocycles. The number of allylic oxidation sites excluding steroid dienone is 1. The van der Waals surface area contributed by atoms with Gasteiger partial charge in [0, 0.05) is 35.7 Å². The van der Waals surface area contributed by atoms with Crippen LogP contribution in [0.2, 0.25) is 10.0 Å². The minimum absolute atomic E-state index is 0.123. The number of hydrogen-bond acceptors (Lipinski definition) is 1. The summed E-state index contributed by atoms with van der Waals surface area (Å²) in [6.45, 7) is 16.5. The van der Waals surface area contributed by atoms with Gasteiger partial charge in [0.05, 0.1) is 0 Å². The van der Waals surface area contributed by atoms with E-state index in [4.69, 9.17) is 23.2 Å². The van der Waals surface area contributed by atoms with E-state index in [1.807, 2.05) is 64.2 Å². The monoisotopic (exact) mass is 433 g/mol. The molecular weight excluding hydrogens is 404 g/mol. The highest BCUT2D eigenvalue weighted by atomic mass is 35.5. The van der Waals surface area contributed by atoms with Crippen LogP contribution < -0.4 is 4.90 Å². The van der Waals surface area contributed by atoms with Gasteiger partial charge in [0.2, 0.25) is 0 Å². The Morgan fingerprint density at radius 2 is 1.76 bits per heavy atom. The van der Waals surface area contributed by atoms with E-state index >= 15 is 0 Å². The number of benzene rings is 2. The predicted octanol–water partition coefficient (Wildman–Crippen LogP) is 8.22. The lowest BCUT2D eigenvalue weighted by Gasteiger charge is -2.22. The zero-order valence-electron chi connectivity index (χ0n) is 17.7. The van der Waals surface area contributed by atoms with E-state index in [2.05, 4.69) is 24.6 Å². The van der Waals surface area contributed by atoms with Gasteiger partial charge >= 0.3 is 0 Å². The highest BCUT2D eigenvalue weighted by molar-refractivity contribution is 6.36. The van der Waals surface area contributed by atoms with Gasteiger partial charge in [-0.2, -0.15) is 0 Å². The minimum Gasteiger partial charge on any atom is -0.370 e. The van der Waals surface area contributed by atoms with E-state index in [0.717, 1.165) is 16.8 Å². The van der Waals surface area contributed by atoms with Crippen molar-refractivity contribution in [3.8, 4) is 0 Å². The van der Waals surface area contributed by atoms with Crippen LogP contribution in [0.4, 0.5) is 10.1 Å². The summed E-state index contributed by atoms with van der Waals surface area (Å²) in [5.41, 5.74) is 4.08. The van der Waals surface area contributed by atoms with Crippen molar-refractivity contribution in [2.24, 2.45) is 0 Å². The molecular formula is C25H30Cl2FN. The maximum atomic E-state index is 14.8. The number of likely N-dealkylation sites (N-methyl/N-ethyl adjacent to an activating group) is 1. The maximum absolute atomic E-state index is 14.8. The Bertz CT molecular complexity index is 848. The van der Waals surface area contributed by atoms with E-state index in [0.29, 0.717) is 34.1 Å².